The van der Waals surface area contributed by atoms with Crippen LogP contribution in [0, 0.1) is 18.6 Å². The topological polar surface area (TPSA) is 50.4 Å². The molecule has 0 atom stereocenters. The zero-order valence-corrected chi connectivity index (χ0v) is 14.4. The molecule has 0 heterocycles. The molecule has 4 nitrogen and oxygen atoms in total. The minimum Gasteiger partial charge on any atom is -0.451 e. The first kappa shape index (κ1) is 22.2. The van der Waals surface area contributed by atoms with Gasteiger partial charge < -0.3 is 10.1 Å². The van der Waals surface area contributed by atoms with E-state index in [0.717, 1.165) is 17.4 Å². The number of anilines is 1. The van der Waals surface area contributed by atoms with Gasteiger partial charge in [0.05, 0.1) is 0 Å². The maximum absolute atomic E-state index is 13.5. The molecule has 0 aromatic heterocycles. The third-order valence-electron chi connectivity index (χ3n) is 3.62. The first-order chi connectivity index (χ1) is 13.2. The molecule has 0 radical (unpaired) electrons. The highest BCUT2D eigenvalue weighted by atomic mass is 19.4. The van der Waals surface area contributed by atoms with Crippen LogP contribution < -0.4 is 15.4 Å². The van der Waals surface area contributed by atoms with Crippen molar-refractivity contribution in [3.63, 3.8) is 0 Å². The van der Waals surface area contributed by atoms with Crippen LogP contribution in [-0.2, 0) is 0 Å². The van der Waals surface area contributed by atoms with E-state index in [4.69, 9.17) is 0 Å². The smallest absolute Gasteiger partial charge is 0.451 e. The molecule has 0 aliphatic carbocycles. The molecule has 0 bridgehead atoms. The zero-order chi connectivity index (χ0) is 22.0. The van der Waals surface area contributed by atoms with Crippen molar-refractivity contribution in [1.29, 1.82) is 0 Å². The van der Waals surface area contributed by atoms with Crippen LogP contribution in [0.4, 0.5) is 45.6 Å². The van der Waals surface area contributed by atoms with Crippen LogP contribution in [0.1, 0.15) is 5.56 Å². The van der Waals surface area contributed by atoms with Crippen molar-refractivity contribution < 1.29 is 44.7 Å². The van der Waals surface area contributed by atoms with Crippen molar-refractivity contribution in [3.05, 3.63) is 59.7 Å². The summed E-state index contributed by atoms with van der Waals surface area (Å²) in [6.07, 6.45) is -12.3. The number of hydrogen-bond acceptors (Lipinski definition) is 2. The Balaban J connectivity index is 2.42. The van der Waals surface area contributed by atoms with Crippen molar-refractivity contribution in [2.24, 2.45) is 0 Å². The Bertz CT molecular complexity index is 864. The summed E-state index contributed by atoms with van der Waals surface area (Å²) in [7, 11) is 0. The average molecular weight is 428 g/mol. The SMILES string of the molecule is Cc1ccc(F)cc1NC(=O)NC(Oc1ccc(F)cc1)(C(F)(F)F)C(F)(F)F. The maximum Gasteiger partial charge on any atom is 0.458 e. The number of rotatable bonds is 4. The summed E-state index contributed by atoms with van der Waals surface area (Å²) in [4.78, 5) is 11.9. The van der Waals surface area contributed by atoms with Gasteiger partial charge >= 0.3 is 24.1 Å². The van der Waals surface area contributed by atoms with E-state index in [0.29, 0.717) is 30.3 Å². The number of benzene rings is 2. The molecule has 29 heavy (non-hydrogen) atoms. The van der Waals surface area contributed by atoms with Crippen LogP contribution in [0.5, 0.6) is 5.75 Å². The average Bonchev–Trinajstić information content (AvgIpc) is 2.57. The molecule has 2 aromatic rings. The van der Waals surface area contributed by atoms with Gasteiger partial charge in [0.25, 0.3) is 0 Å². The summed E-state index contributed by atoms with van der Waals surface area (Å²) < 4.78 is 111. The Labute approximate surface area is 158 Å². The lowest BCUT2D eigenvalue weighted by Crippen LogP contribution is -2.71. The number of halogens is 8. The largest absolute Gasteiger partial charge is 0.458 e. The van der Waals surface area contributed by atoms with Gasteiger partial charge in [-0.1, -0.05) is 6.07 Å². The van der Waals surface area contributed by atoms with E-state index in [9.17, 15) is 39.9 Å². The minimum absolute atomic E-state index is 0.172. The van der Waals surface area contributed by atoms with Gasteiger partial charge in [-0.25, -0.2) is 13.6 Å². The van der Waals surface area contributed by atoms with E-state index in [1.807, 2.05) is 0 Å². The van der Waals surface area contributed by atoms with Crippen molar-refractivity contribution in [3.8, 4) is 5.75 Å². The summed E-state index contributed by atoms with van der Waals surface area (Å²) in [5.41, 5.74) is -5.35. The second-order valence-corrected chi connectivity index (χ2v) is 5.77. The summed E-state index contributed by atoms with van der Waals surface area (Å²) in [5.74, 6) is -2.83. The second kappa shape index (κ2) is 7.76. The van der Waals surface area contributed by atoms with Gasteiger partial charge in [-0.05, 0) is 48.9 Å². The van der Waals surface area contributed by atoms with Gasteiger partial charge in [0.2, 0.25) is 0 Å². The van der Waals surface area contributed by atoms with Crippen LogP contribution in [0.25, 0.3) is 0 Å². The fraction of sp³-hybridized carbons (Fsp3) is 0.235. The van der Waals surface area contributed by atoms with E-state index < -0.39 is 41.5 Å². The molecule has 0 saturated heterocycles. The highest BCUT2D eigenvalue weighted by molar-refractivity contribution is 5.90. The monoisotopic (exact) mass is 428 g/mol. The zero-order valence-electron chi connectivity index (χ0n) is 14.4. The Kier molecular flexibility index (Phi) is 5.95. The maximum atomic E-state index is 13.5. The van der Waals surface area contributed by atoms with Crippen molar-refractivity contribution in [1.82, 2.24) is 5.32 Å². The van der Waals surface area contributed by atoms with Gasteiger partial charge in [-0.3, -0.25) is 5.32 Å². The van der Waals surface area contributed by atoms with Crippen molar-refractivity contribution in [2.45, 2.75) is 25.0 Å². The molecule has 0 spiro atoms. The number of nitrogens with one attached hydrogen (secondary N) is 2. The molecule has 0 saturated carbocycles. The van der Waals surface area contributed by atoms with Crippen molar-refractivity contribution in [2.75, 3.05) is 5.32 Å². The van der Waals surface area contributed by atoms with E-state index in [2.05, 4.69) is 4.74 Å². The first-order valence-electron chi connectivity index (χ1n) is 7.68. The molecule has 0 unspecified atom stereocenters. The lowest BCUT2D eigenvalue weighted by Gasteiger charge is -2.37. The number of carbonyl (C=O) groups is 1. The summed E-state index contributed by atoms with van der Waals surface area (Å²) >= 11 is 0. The fourth-order valence-corrected chi connectivity index (χ4v) is 2.17. The van der Waals surface area contributed by atoms with Gasteiger partial charge in [0.1, 0.15) is 17.4 Å². The summed E-state index contributed by atoms with van der Waals surface area (Å²) in [6.45, 7) is 1.34. The van der Waals surface area contributed by atoms with Gasteiger partial charge in [0.15, 0.2) is 0 Å². The van der Waals surface area contributed by atoms with Gasteiger partial charge in [0, 0.05) is 5.69 Å². The molecule has 2 aromatic carbocycles. The van der Waals surface area contributed by atoms with Crippen molar-refractivity contribution >= 4 is 11.7 Å². The Morgan fingerprint density at radius 1 is 0.862 bits per heavy atom. The molecule has 0 fully saturated rings. The highest BCUT2D eigenvalue weighted by Crippen LogP contribution is 2.44. The molecular formula is C17H12F8N2O2. The van der Waals surface area contributed by atoms with Gasteiger partial charge in [-0.2, -0.15) is 26.3 Å². The normalized spacial score (nSPS) is 12.4. The standard InChI is InChI=1S/C17H12F8N2O2/c1-9-2-3-11(19)8-13(9)26-14(28)27-15(16(20,21)22,17(23,24)25)29-12-6-4-10(18)5-7-12/h2-8H,1H3,(H2,26,27,28). The predicted octanol–water partition coefficient (Wildman–Crippen LogP) is 5.29. The molecule has 2 N–H and O–H groups in total. The van der Waals surface area contributed by atoms with Crippen LogP contribution in [0.15, 0.2) is 42.5 Å². The van der Waals surface area contributed by atoms with E-state index >= 15 is 0 Å². The van der Waals surface area contributed by atoms with Gasteiger partial charge in [-0.15, -0.1) is 0 Å². The lowest BCUT2D eigenvalue weighted by molar-refractivity contribution is -0.364. The predicted molar refractivity (Wildman–Crippen MR) is 85.2 cm³/mol. The quantitative estimate of drug-likeness (QED) is 0.513. The molecule has 12 heteroatoms. The molecular weight excluding hydrogens is 416 g/mol. The van der Waals surface area contributed by atoms with Crippen LogP contribution in [-0.4, -0.2) is 24.1 Å². The summed E-state index contributed by atoms with van der Waals surface area (Å²) in [6, 6.07) is 3.07. The Morgan fingerprint density at radius 2 is 1.38 bits per heavy atom. The number of carbonyl (C=O) groups excluding carboxylic acids is 1. The van der Waals surface area contributed by atoms with E-state index in [-0.39, 0.29) is 11.3 Å². The summed E-state index contributed by atoms with van der Waals surface area (Å²) in [5, 5.41) is 2.45. The first-order valence-corrected chi connectivity index (χ1v) is 7.68. The third-order valence-corrected chi connectivity index (χ3v) is 3.62. The molecule has 0 aliphatic rings. The molecule has 158 valence electrons. The van der Waals surface area contributed by atoms with E-state index in [1.54, 1.807) is 5.32 Å². The molecule has 2 amide bonds. The number of urea groups is 1. The minimum atomic E-state index is -6.17. The lowest BCUT2D eigenvalue weighted by atomic mass is 10.1. The number of aryl methyl sites for hydroxylation is 1. The van der Waals surface area contributed by atoms with Crippen LogP contribution in [0.2, 0.25) is 0 Å². The number of alkyl halides is 6. The number of amides is 2. The molecule has 2 rings (SSSR count). The fourth-order valence-electron chi connectivity index (χ4n) is 2.17. The third kappa shape index (κ3) is 4.87. The van der Waals surface area contributed by atoms with Crippen LogP contribution in [0.3, 0.4) is 0 Å². The highest BCUT2D eigenvalue weighted by Gasteiger charge is 2.75. The Morgan fingerprint density at radius 3 is 1.90 bits per heavy atom. The number of ether oxygens (including phenoxy) is 1. The Hall–Kier alpha value is -3.05. The second-order valence-electron chi connectivity index (χ2n) is 5.77. The van der Waals surface area contributed by atoms with Crippen LogP contribution >= 0.6 is 0 Å². The van der Waals surface area contributed by atoms with E-state index in [1.165, 1.54) is 6.92 Å². The molecule has 0 aliphatic heterocycles. The number of hydrogen-bond donors (Lipinski definition) is 2.